The van der Waals surface area contributed by atoms with E-state index in [2.05, 4.69) is 4.98 Å². The van der Waals surface area contributed by atoms with E-state index in [-0.39, 0.29) is 33.2 Å². The lowest BCUT2D eigenvalue weighted by Gasteiger charge is -2.31. The Morgan fingerprint density at radius 3 is 2.50 bits per heavy atom. The van der Waals surface area contributed by atoms with Crippen LogP contribution in [0.4, 0.5) is 10.8 Å². The number of rotatable bonds is 2. The Hall–Kier alpha value is -4.11. The third-order valence-corrected chi connectivity index (χ3v) is 7.70. The van der Waals surface area contributed by atoms with Gasteiger partial charge in [0, 0.05) is 25.2 Å². The van der Waals surface area contributed by atoms with Crippen molar-refractivity contribution in [3.63, 3.8) is 0 Å². The Morgan fingerprint density at radius 2 is 1.76 bits per heavy atom. The predicted octanol–water partition coefficient (Wildman–Crippen LogP) is 3.64. The van der Waals surface area contributed by atoms with Gasteiger partial charge in [-0.15, -0.1) is 0 Å². The summed E-state index contributed by atoms with van der Waals surface area (Å²) in [6, 6.07) is 13.7. The van der Waals surface area contributed by atoms with Gasteiger partial charge in [0.25, 0.3) is 11.8 Å². The maximum Gasteiger partial charge on any atom is 0.297 e. The lowest BCUT2D eigenvalue weighted by atomic mass is 9.84. The molecule has 2 aliphatic rings. The minimum Gasteiger partial charge on any atom is -0.450 e. The van der Waals surface area contributed by atoms with E-state index in [1.807, 2.05) is 0 Å². The van der Waals surface area contributed by atoms with Gasteiger partial charge in [-0.1, -0.05) is 41.7 Å². The molecule has 0 saturated carbocycles. The first-order valence-corrected chi connectivity index (χ1v) is 11.4. The Kier molecular flexibility index (Phi) is 4.04. The van der Waals surface area contributed by atoms with Gasteiger partial charge in [0.05, 0.1) is 21.5 Å². The van der Waals surface area contributed by atoms with Crippen LogP contribution >= 0.6 is 11.3 Å². The van der Waals surface area contributed by atoms with Crippen LogP contribution in [0.15, 0.2) is 57.7 Å². The van der Waals surface area contributed by atoms with Crippen molar-refractivity contribution in [2.24, 2.45) is 0 Å². The fraction of sp³-hybridized carbons (Fsp3) is 0.160. The average Bonchev–Trinajstić information content (AvgIpc) is 3.40. The molecule has 4 aromatic rings. The second-order valence-electron chi connectivity index (χ2n) is 8.33. The molecule has 168 valence electrons. The third kappa shape index (κ3) is 2.29. The number of amides is 2. The molecule has 2 aromatic heterocycles. The van der Waals surface area contributed by atoms with Gasteiger partial charge >= 0.3 is 0 Å². The van der Waals surface area contributed by atoms with Crippen molar-refractivity contribution in [3.8, 4) is 0 Å². The van der Waals surface area contributed by atoms with E-state index < -0.39 is 22.8 Å². The molecule has 2 aromatic carbocycles. The summed E-state index contributed by atoms with van der Waals surface area (Å²) in [5.74, 6) is -1.52. The predicted molar refractivity (Wildman–Crippen MR) is 127 cm³/mol. The number of carbonyl (C=O) groups is 3. The SMILES string of the molecule is CC(=O)c1sc(N2C(=O)c3oc4ccccc4c(=O)c3C23C(=O)N(C)c2ccccc23)nc1C. The van der Waals surface area contributed by atoms with Crippen molar-refractivity contribution < 1.29 is 18.8 Å². The fourth-order valence-corrected chi connectivity index (χ4v) is 6.03. The molecular weight excluding hydrogens is 454 g/mol. The van der Waals surface area contributed by atoms with Crippen molar-refractivity contribution in [3.05, 3.63) is 86.2 Å². The highest BCUT2D eigenvalue weighted by Crippen LogP contribution is 2.54. The molecule has 0 bridgehead atoms. The number of nitrogens with zero attached hydrogens (tertiary/aromatic N) is 3. The van der Waals surface area contributed by atoms with E-state index in [9.17, 15) is 19.2 Å². The molecule has 1 spiro atoms. The number of hydrogen-bond acceptors (Lipinski definition) is 7. The summed E-state index contributed by atoms with van der Waals surface area (Å²) in [5, 5.41) is 0.427. The van der Waals surface area contributed by atoms with E-state index in [0.29, 0.717) is 21.8 Å². The molecule has 4 heterocycles. The highest BCUT2D eigenvalue weighted by molar-refractivity contribution is 7.17. The highest BCUT2D eigenvalue weighted by Gasteiger charge is 2.65. The normalized spacial score (nSPS) is 18.8. The first kappa shape index (κ1) is 20.5. The average molecular weight is 471 g/mol. The topological polar surface area (TPSA) is 101 Å². The van der Waals surface area contributed by atoms with E-state index in [1.165, 1.54) is 16.7 Å². The largest absolute Gasteiger partial charge is 0.450 e. The molecule has 9 heteroatoms. The molecule has 34 heavy (non-hydrogen) atoms. The second kappa shape index (κ2) is 6.71. The Labute approximate surface area is 197 Å². The number of carbonyl (C=O) groups excluding carboxylic acids is 3. The molecule has 0 N–H and O–H groups in total. The van der Waals surface area contributed by atoms with Crippen molar-refractivity contribution in [2.45, 2.75) is 19.4 Å². The molecule has 1 atom stereocenters. The molecule has 6 rings (SSSR count). The van der Waals surface area contributed by atoms with Crippen LogP contribution in [-0.4, -0.2) is 29.6 Å². The Morgan fingerprint density at radius 1 is 1.06 bits per heavy atom. The summed E-state index contributed by atoms with van der Waals surface area (Å²) in [6.45, 7) is 3.09. The zero-order valence-electron chi connectivity index (χ0n) is 18.4. The van der Waals surface area contributed by atoms with Crippen LogP contribution in [-0.2, 0) is 10.3 Å². The van der Waals surface area contributed by atoms with Gasteiger partial charge < -0.3 is 9.32 Å². The lowest BCUT2D eigenvalue weighted by Crippen LogP contribution is -2.53. The third-order valence-electron chi connectivity index (χ3n) is 6.46. The summed E-state index contributed by atoms with van der Waals surface area (Å²) >= 11 is 1.02. The van der Waals surface area contributed by atoms with Crippen molar-refractivity contribution in [1.82, 2.24) is 4.98 Å². The molecular formula is C25H17N3O5S. The smallest absolute Gasteiger partial charge is 0.297 e. The number of aryl methyl sites for hydroxylation is 1. The van der Waals surface area contributed by atoms with Crippen LogP contribution in [0.25, 0.3) is 11.0 Å². The van der Waals surface area contributed by atoms with Crippen molar-refractivity contribution in [1.29, 1.82) is 0 Å². The number of likely N-dealkylation sites (N-methyl/N-ethyl adjacent to an activating group) is 1. The zero-order chi connectivity index (χ0) is 23.9. The molecule has 2 amide bonds. The summed E-state index contributed by atoms with van der Waals surface area (Å²) in [7, 11) is 1.60. The molecule has 1 unspecified atom stereocenters. The van der Waals surface area contributed by atoms with Crippen LogP contribution in [0, 0.1) is 6.92 Å². The van der Waals surface area contributed by atoms with Crippen molar-refractivity contribution >= 4 is 50.7 Å². The quantitative estimate of drug-likeness (QED) is 0.414. The standard InChI is InChI=1S/C25H17N3O5S/c1-12-21(13(2)29)34-24(26-12)28-22(31)20-18(19(30)14-8-4-7-11-17(14)33-20)25(28)15-9-5-6-10-16(15)27(3)23(25)32/h4-11H,1-3H3. The summed E-state index contributed by atoms with van der Waals surface area (Å²) in [6.07, 6.45) is 0. The summed E-state index contributed by atoms with van der Waals surface area (Å²) in [4.78, 5) is 61.5. The number of hydrogen-bond donors (Lipinski definition) is 0. The number of thiazole rings is 1. The van der Waals surface area contributed by atoms with Crippen LogP contribution in [0.1, 0.15) is 44.0 Å². The maximum atomic E-state index is 14.1. The number of benzene rings is 2. The Balaban J connectivity index is 1.78. The maximum absolute atomic E-state index is 14.1. The van der Waals surface area contributed by atoms with Gasteiger partial charge in [0.1, 0.15) is 5.58 Å². The van der Waals surface area contributed by atoms with Gasteiger partial charge in [-0.2, -0.15) is 0 Å². The lowest BCUT2D eigenvalue weighted by molar-refractivity contribution is -0.121. The van der Waals surface area contributed by atoms with Crippen LogP contribution in [0.5, 0.6) is 0 Å². The van der Waals surface area contributed by atoms with Crippen molar-refractivity contribution in [2.75, 3.05) is 16.8 Å². The van der Waals surface area contributed by atoms with E-state index >= 15 is 0 Å². The van der Waals surface area contributed by atoms with E-state index in [4.69, 9.17) is 4.42 Å². The van der Waals surface area contributed by atoms with Gasteiger partial charge in [-0.05, 0) is 25.1 Å². The zero-order valence-corrected chi connectivity index (χ0v) is 19.2. The van der Waals surface area contributed by atoms with Crippen LogP contribution < -0.4 is 15.2 Å². The number of ketones is 1. The van der Waals surface area contributed by atoms with Gasteiger partial charge in [-0.25, -0.2) is 4.98 Å². The minimum absolute atomic E-state index is 0.0322. The molecule has 2 aliphatic heterocycles. The minimum atomic E-state index is -1.79. The van der Waals surface area contributed by atoms with Crippen LogP contribution in [0.2, 0.25) is 0 Å². The number of anilines is 2. The van der Waals surface area contributed by atoms with E-state index in [0.717, 1.165) is 11.3 Å². The molecule has 0 saturated heterocycles. The summed E-state index contributed by atoms with van der Waals surface area (Å²) < 4.78 is 5.97. The van der Waals surface area contributed by atoms with Gasteiger partial charge in [0.2, 0.25) is 5.76 Å². The highest BCUT2D eigenvalue weighted by atomic mass is 32.1. The number of fused-ring (bicyclic) bond motifs is 5. The molecule has 0 radical (unpaired) electrons. The molecule has 0 aliphatic carbocycles. The summed E-state index contributed by atoms with van der Waals surface area (Å²) in [5.41, 5.74) is -0.520. The van der Waals surface area contributed by atoms with Crippen LogP contribution in [0.3, 0.4) is 0 Å². The monoisotopic (exact) mass is 471 g/mol. The number of aromatic nitrogens is 1. The number of para-hydroxylation sites is 2. The first-order chi connectivity index (χ1) is 16.3. The van der Waals surface area contributed by atoms with Gasteiger partial charge in [-0.3, -0.25) is 24.1 Å². The molecule has 8 nitrogen and oxygen atoms in total. The molecule has 0 fully saturated rings. The Bertz CT molecular complexity index is 1650. The van der Waals surface area contributed by atoms with Gasteiger partial charge in [0.15, 0.2) is 21.9 Å². The second-order valence-corrected chi connectivity index (χ2v) is 9.31. The fourth-order valence-electron chi connectivity index (χ4n) is 5.02. The first-order valence-electron chi connectivity index (χ1n) is 10.6. The number of Topliss-reactive ketones (excluding diaryl/α,β-unsaturated/α-hetero) is 1. The van der Waals surface area contributed by atoms with E-state index in [1.54, 1.807) is 62.5 Å².